The molecular weight excluding hydrogens is 489 g/mol. The summed E-state index contributed by atoms with van der Waals surface area (Å²) in [4.78, 5) is 23.2. The number of unbranched alkanes of at least 4 members (excludes halogenated alkanes) is 2. The Hall–Kier alpha value is -2.49. The molecule has 0 aliphatic rings. The van der Waals surface area contributed by atoms with E-state index in [1.165, 1.54) is 19.2 Å². The van der Waals surface area contributed by atoms with Gasteiger partial charge in [0.15, 0.2) is 0 Å². The Kier molecular flexibility index (Phi) is 10.8. The molecule has 33 heavy (non-hydrogen) atoms. The summed E-state index contributed by atoms with van der Waals surface area (Å²) in [5.74, 6) is -0.405. The van der Waals surface area contributed by atoms with E-state index in [1.54, 1.807) is 30.3 Å². The van der Waals surface area contributed by atoms with Crippen LogP contribution in [0.3, 0.4) is 0 Å². The first-order valence-corrected chi connectivity index (χ1v) is 12.8. The van der Waals surface area contributed by atoms with E-state index in [1.807, 2.05) is 0 Å². The number of anilines is 1. The number of hydrogen-bond donors (Lipinski definition) is 3. The first kappa shape index (κ1) is 26.8. The summed E-state index contributed by atoms with van der Waals surface area (Å²) in [5, 5.41) is 6.13. The summed E-state index contributed by atoms with van der Waals surface area (Å²) >= 11 is 12.1. The van der Waals surface area contributed by atoms with E-state index in [4.69, 9.17) is 23.2 Å². The maximum absolute atomic E-state index is 12.4. The number of benzene rings is 2. The lowest BCUT2D eigenvalue weighted by molar-refractivity contribution is 0.0953. The minimum Gasteiger partial charge on any atom is -0.453 e. The van der Waals surface area contributed by atoms with Crippen molar-refractivity contribution < 1.29 is 22.7 Å². The molecular formula is C22H27Cl2N3O5S. The average molecular weight is 516 g/mol. The van der Waals surface area contributed by atoms with Crippen molar-refractivity contribution in [2.24, 2.45) is 0 Å². The van der Waals surface area contributed by atoms with E-state index in [0.29, 0.717) is 39.9 Å². The van der Waals surface area contributed by atoms with Gasteiger partial charge in [0.1, 0.15) is 0 Å². The van der Waals surface area contributed by atoms with Crippen LogP contribution in [0.4, 0.5) is 10.5 Å². The Balaban J connectivity index is 1.75. The number of hydrogen-bond acceptors (Lipinski definition) is 5. The molecule has 0 radical (unpaired) electrons. The second-order valence-corrected chi connectivity index (χ2v) is 9.82. The first-order chi connectivity index (χ1) is 15.7. The molecule has 0 saturated heterocycles. The van der Waals surface area contributed by atoms with Crippen LogP contribution in [0.15, 0.2) is 42.5 Å². The van der Waals surface area contributed by atoms with E-state index in [0.717, 1.165) is 19.3 Å². The van der Waals surface area contributed by atoms with Crippen LogP contribution >= 0.6 is 23.2 Å². The van der Waals surface area contributed by atoms with Crippen LogP contribution in [0, 0.1) is 0 Å². The number of sulfonamides is 1. The second kappa shape index (κ2) is 13.3. The Bertz CT molecular complexity index is 1050. The van der Waals surface area contributed by atoms with Crippen LogP contribution in [0.2, 0.25) is 10.0 Å². The van der Waals surface area contributed by atoms with Gasteiger partial charge in [-0.15, -0.1) is 0 Å². The topological polar surface area (TPSA) is 114 Å². The van der Waals surface area contributed by atoms with E-state index in [2.05, 4.69) is 20.1 Å². The van der Waals surface area contributed by atoms with E-state index in [-0.39, 0.29) is 18.1 Å². The molecule has 0 aliphatic heterocycles. The summed E-state index contributed by atoms with van der Waals surface area (Å²) in [7, 11) is -2.30. The maximum atomic E-state index is 12.4. The lowest BCUT2D eigenvalue weighted by atomic mass is 10.2. The number of aryl methyl sites for hydroxylation is 1. The molecule has 0 unspecified atom stereocenters. The number of amides is 2. The Morgan fingerprint density at radius 2 is 1.61 bits per heavy atom. The van der Waals surface area contributed by atoms with Crippen LogP contribution in [0.5, 0.6) is 0 Å². The molecule has 180 valence electrons. The summed E-state index contributed by atoms with van der Waals surface area (Å²) in [6.45, 7) is 1.02. The Labute approximate surface area is 204 Å². The number of carbonyl (C=O) groups is 2. The van der Waals surface area contributed by atoms with Crippen LogP contribution in [0.1, 0.15) is 35.2 Å². The number of methoxy groups -OCH3 is 1. The minimum absolute atomic E-state index is 0.162. The number of ether oxygens (including phenoxy) is 1. The molecule has 0 aliphatic carbocycles. The molecule has 0 aromatic heterocycles. The highest BCUT2D eigenvalue weighted by Crippen LogP contribution is 2.26. The highest BCUT2D eigenvalue weighted by atomic mass is 35.5. The van der Waals surface area contributed by atoms with E-state index in [9.17, 15) is 18.0 Å². The van der Waals surface area contributed by atoms with Crippen molar-refractivity contribution in [3.63, 3.8) is 0 Å². The number of halogens is 2. The molecule has 0 fully saturated rings. The Morgan fingerprint density at radius 3 is 2.27 bits per heavy atom. The summed E-state index contributed by atoms with van der Waals surface area (Å²) < 4.78 is 31.8. The SMILES string of the molecule is COC(=O)NCCCCCNC(=O)c1ccc(NS(=O)(=O)CCc2cccc(Cl)c2Cl)cc1. The molecule has 0 atom stereocenters. The van der Waals surface area contributed by atoms with Gasteiger partial charge in [-0.25, -0.2) is 13.2 Å². The van der Waals surface area contributed by atoms with Gasteiger partial charge in [0.25, 0.3) is 5.91 Å². The van der Waals surface area contributed by atoms with Crippen molar-refractivity contribution in [1.82, 2.24) is 10.6 Å². The first-order valence-electron chi connectivity index (χ1n) is 10.4. The van der Waals surface area contributed by atoms with E-state index < -0.39 is 16.1 Å². The molecule has 0 bridgehead atoms. The zero-order valence-corrected chi connectivity index (χ0v) is 20.5. The molecule has 2 aromatic carbocycles. The minimum atomic E-state index is -3.61. The molecule has 2 aromatic rings. The van der Waals surface area contributed by atoms with Gasteiger partial charge in [-0.3, -0.25) is 9.52 Å². The van der Waals surface area contributed by atoms with Gasteiger partial charge in [-0.1, -0.05) is 35.3 Å². The smallest absolute Gasteiger partial charge is 0.406 e. The highest BCUT2D eigenvalue weighted by molar-refractivity contribution is 7.92. The van der Waals surface area contributed by atoms with Crippen molar-refractivity contribution in [3.8, 4) is 0 Å². The quantitative estimate of drug-likeness (QED) is 0.366. The Morgan fingerprint density at radius 1 is 0.939 bits per heavy atom. The number of rotatable bonds is 12. The third kappa shape index (κ3) is 9.49. The predicted octanol–water partition coefficient (Wildman–Crippen LogP) is 4.23. The molecule has 0 heterocycles. The fourth-order valence-corrected chi connectivity index (χ4v) is 4.40. The van der Waals surface area contributed by atoms with Crippen molar-refractivity contribution >= 4 is 50.9 Å². The number of carbonyl (C=O) groups excluding carboxylic acids is 2. The summed E-state index contributed by atoms with van der Waals surface area (Å²) in [5.41, 5.74) is 1.44. The highest BCUT2D eigenvalue weighted by Gasteiger charge is 2.14. The van der Waals surface area contributed by atoms with Gasteiger partial charge < -0.3 is 15.4 Å². The van der Waals surface area contributed by atoms with Gasteiger partial charge in [0, 0.05) is 24.3 Å². The normalized spacial score (nSPS) is 11.0. The molecule has 8 nitrogen and oxygen atoms in total. The largest absolute Gasteiger partial charge is 0.453 e. The zero-order chi connectivity index (χ0) is 24.3. The lowest BCUT2D eigenvalue weighted by Crippen LogP contribution is -2.25. The van der Waals surface area contributed by atoms with Gasteiger partial charge in [-0.2, -0.15) is 0 Å². The van der Waals surface area contributed by atoms with Crippen LogP contribution < -0.4 is 15.4 Å². The third-order valence-corrected chi connectivity index (χ3v) is 6.83. The van der Waals surface area contributed by atoms with Gasteiger partial charge in [0.2, 0.25) is 10.0 Å². The van der Waals surface area contributed by atoms with Crippen molar-refractivity contribution in [1.29, 1.82) is 0 Å². The predicted molar refractivity (Wildman–Crippen MR) is 131 cm³/mol. The third-order valence-electron chi connectivity index (χ3n) is 4.69. The molecule has 2 rings (SSSR count). The average Bonchev–Trinajstić information content (AvgIpc) is 2.79. The zero-order valence-electron chi connectivity index (χ0n) is 18.2. The fourth-order valence-electron chi connectivity index (χ4n) is 2.90. The summed E-state index contributed by atoms with van der Waals surface area (Å²) in [6.07, 6.45) is 2.14. The lowest BCUT2D eigenvalue weighted by Gasteiger charge is -2.10. The second-order valence-electron chi connectivity index (χ2n) is 7.20. The van der Waals surface area contributed by atoms with Crippen LogP contribution in [-0.4, -0.2) is 46.4 Å². The van der Waals surface area contributed by atoms with Gasteiger partial charge in [-0.05, 0) is 61.6 Å². The van der Waals surface area contributed by atoms with Gasteiger partial charge in [0.05, 0.1) is 22.9 Å². The van der Waals surface area contributed by atoms with Gasteiger partial charge >= 0.3 is 6.09 Å². The number of nitrogens with one attached hydrogen (secondary N) is 3. The van der Waals surface area contributed by atoms with Crippen LogP contribution in [0.25, 0.3) is 0 Å². The molecule has 11 heteroatoms. The maximum Gasteiger partial charge on any atom is 0.406 e. The fraction of sp³-hybridized carbons (Fsp3) is 0.364. The molecule has 0 saturated carbocycles. The molecule has 3 N–H and O–H groups in total. The van der Waals surface area contributed by atoms with Crippen molar-refractivity contribution in [3.05, 3.63) is 63.6 Å². The van der Waals surface area contributed by atoms with Crippen LogP contribution in [-0.2, 0) is 21.2 Å². The molecule has 0 spiro atoms. The van der Waals surface area contributed by atoms with Crippen molar-refractivity contribution in [2.75, 3.05) is 30.7 Å². The standard InChI is InChI=1S/C22H27Cl2N3O5S/c1-32-22(29)26-14-4-2-3-13-25-21(28)17-8-10-18(11-9-17)27-33(30,31)15-12-16-6-5-7-19(23)20(16)24/h5-11,27H,2-4,12-15H2,1H3,(H,25,28)(H,26,29). The molecule has 2 amide bonds. The van der Waals surface area contributed by atoms with Crippen molar-refractivity contribution in [2.45, 2.75) is 25.7 Å². The number of alkyl carbamates (subject to hydrolysis) is 1. The monoisotopic (exact) mass is 515 g/mol. The van der Waals surface area contributed by atoms with E-state index >= 15 is 0 Å². The summed E-state index contributed by atoms with van der Waals surface area (Å²) in [6, 6.07) is 11.3.